The number of hydrogen-bond acceptors (Lipinski definition) is 4. The molecule has 1 aliphatic carbocycles. The second-order valence-corrected chi connectivity index (χ2v) is 6.87. The Morgan fingerprint density at radius 3 is 3.05 bits per heavy atom. The van der Waals surface area contributed by atoms with Crippen molar-refractivity contribution in [1.82, 2.24) is 14.1 Å². The summed E-state index contributed by atoms with van der Waals surface area (Å²) < 4.78 is 29.2. The predicted molar refractivity (Wildman–Crippen MR) is 76.7 cm³/mol. The molecule has 0 radical (unpaired) electrons. The number of nitrogens with zero attached hydrogens (tertiary/aromatic N) is 2. The zero-order valence-electron chi connectivity index (χ0n) is 11.3. The van der Waals surface area contributed by atoms with E-state index in [4.69, 9.17) is 5.73 Å². The second kappa shape index (κ2) is 4.75. The summed E-state index contributed by atoms with van der Waals surface area (Å²) in [4.78, 5) is 4.08. The Kier molecular flexibility index (Phi) is 3.18. The van der Waals surface area contributed by atoms with Crippen LogP contribution in [0.3, 0.4) is 0 Å². The van der Waals surface area contributed by atoms with E-state index in [1.54, 1.807) is 24.4 Å². The van der Waals surface area contributed by atoms with Gasteiger partial charge in [0.2, 0.25) is 0 Å². The van der Waals surface area contributed by atoms with Gasteiger partial charge in [0, 0.05) is 12.2 Å². The SMILES string of the molecule is CCCC1CC1NS(=O)(=O)c1c(N)nc2ccccn12. The van der Waals surface area contributed by atoms with Gasteiger partial charge in [-0.3, -0.25) is 4.40 Å². The van der Waals surface area contributed by atoms with Crippen molar-refractivity contribution in [2.45, 2.75) is 37.3 Å². The van der Waals surface area contributed by atoms with Gasteiger partial charge in [-0.05, 0) is 30.9 Å². The van der Waals surface area contributed by atoms with E-state index < -0.39 is 10.0 Å². The van der Waals surface area contributed by atoms with Crippen LogP contribution in [-0.4, -0.2) is 23.8 Å². The van der Waals surface area contributed by atoms with Gasteiger partial charge in [0.1, 0.15) is 5.65 Å². The van der Waals surface area contributed by atoms with Crippen LogP contribution in [0, 0.1) is 5.92 Å². The van der Waals surface area contributed by atoms with Gasteiger partial charge in [-0.2, -0.15) is 0 Å². The minimum Gasteiger partial charge on any atom is -0.381 e. The van der Waals surface area contributed by atoms with Crippen LogP contribution >= 0.6 is 0 Å². The molecular formula is C13H18N4O2S. The van der Waals surface area contributed by atoms with Crippen LogP contribution in [-0.2, 0) is 10.0 Å². The Hall–Kier alpha value is -1.60. The number of anilines is 1. The fraction of sp³-hybridized carbons (Fsp3) is 0.462. The second-order valence-electron chi connectivity index (χ2n) is 5.24. The largest absolute Gasteiger partial charge is 0.381 e. The van der Waals surface area contributed by atoms with Crippen molar-refractivity contribution in [2.24, 2.45) is 5.92 Å². The third kappa shape index (κ3) is 2.27. The number of nitrogen functional groups attached to an aromatic ring is 1. The molecule has 6 nitrogen and oxygen atoms in total. The van der Waals surface area contributed by atoms with E-state index in [2.05, 4.69) is 16.6 Å². The van der Waals surface area contributed by atoms with E-state index in [9.17, 15) is 8.42 Å². The minimum absolute atomic E-state index is 0.0358. The summed E-state index contributed by atoms with van der Waals surface area (Å²) >= 11 is 0. The van der Waals surface area contributed by atoms with Gasteiger partial charge >= 0.3 is 0 Å². The maximum absolute atomic E-state index is 12.5. The Morgan fingerprint density at radius 1 is 1.50 bits per heavy atom. The lowest BCUT2D eigenvalue weighted by atomic mass is 10.2. The predicted octanol–water partition coefficient (Wildman–Crippen LogP) is 1.38. The van der Waals surface area contributed by atoms with Crippen LogP contribution in [0.2, 0.25) is 0 Å². The molecule has 2 aromatic heterocycles. The van der Waals surface area contributed by atoms with E-state index in [0.29, 0.717) is 11.6 Å². The Morgan fingerprint density at radius 2 is 2.30 bits per heavy atom. The number of imidazole rings is 1. The molecule has 1 fully saturated rings. The van der Waals surface area contributed by atoms with Gasteiger partial charge in [0.15, 0.2) is 10.8 Å². The molecule has 0 amide bonds. The highest BCUT2D eigenvalue weighted by Gasteiger charge is 2.40. The van der Waals surface area contributed by atoms with Crippen molar-refractivity contribution in [3.8, 4) is 0 Å². The smallest absolute Gasteiger partial charge is 0.260 e. The monoisotopic (exact) mass is 294 g/mol. The normalized spacial score (nSPS) is 22.2. The fourth-order valence-corrected chi connectivity index (χ4v) is 4.13. The van der Waals surface area contributed by atoms with E-state index in [0.717, 1.165) is 19.3 Å². The molecule has 7 heteroatoms. The van der Waals surface area contributed by atoms with Gasteiger partial charge in [-0.1, -0.05) is 19.4 Å². The topological polar surface area (TPSA) is 89.5 Å². The minimum atomic E-state index is -3.64. The first-order valence-corrected chi connectivity index (χ1v) is 8.26. The maximum atomic E-state index is 12.5. The third-order valence-electron chi connectivity index (χ3n) is 3.65. The average molecular weight is 294 g/mol. The number of nitrogens with one attached hydrogen (secondary N) is 1. The number of rotatable bonds is 5. The van der Waals surface area contributed by atoms with Crippen LogP contribution in [0.5, 0.6) is 0 Å². The van der Waals surface area contributed by atoms with E-state index in [-0.39, 0.29) is 16.9 Å². The molecule has 0 saturated heterocycles. The van der Waals surface area contributed by atoms with Crippen molar-refractivity contribution in [1.29, 1.82) is 0 Å². The average Bonchev–Trinajstić information content (AvgIpc) is 2.99. The van der Waals surface area contributed by atoms with Crippen LogP contribution in [0.4, 0.5) is 5.82 Å². The van der Waals surface area contributed by atoms with Gasteiger partial charge < -0.3 is 5.73 Å². The lowest BCUT2D eigenvalue weighted by Crippen LogP contribution is -2.28. The molecular weight excluding hydrogens is 276 g/mol. The first-order valence-electron chi connectivity index (χ1n) is 6.78. The standard InChI is InChI=1S/C13H18N4O2S/c1-2-5-9-8-10(9)16-20(18,19)13-12(14)15-11-6-3-4-7-17(11)13/h3-4,6-7,9-10,16H,2,5,8,14H2,1H3. The first-order chi connectivity index (χ1) is 9.53. The van der Waals surface area contributed by atoms with Crippen molar-refractivity contribution in [3.63, 3.8) is 0 Å². The Bertz CT molecular complexity index is 738. The molecule has 0 bridgehead atoms. The number of nitrogens with two attached hydrogens (primary N) is 1. The maximum Gasteiger partial charge on any atom is 0.260 e. The van der Waals surface area contributed by atoms with Crippen LogP contribution < -0.4 is 10.5 Å². The number of pyridine rings is 1. The third-order valence-corrected chi connectivity index (χ3v) is 5.18. The molecule has 2 heterocycles. The summed E-state index contributed by atoms with van der Waals surface area (Å²) in [5.41, 5.74) is 6.31. The summed E-state index contributed by atoms with van der Waals surface area (Å²) in [7, 11) is -3.64. The van der Waals surface area contributed by atoms with Gasteiger partial charge in [0.25, 0.3) is 10.0 Å². The molecule has 0 spiro atoms. The van der Waals surface area contributed by atoms with Crippen molar-refractivity contribution >= 4 is 21.5 Å². The Balaban J connectivity index is 1.92. The lowest BCUT2D eigenvalue weighted by molar-refractivity contribution is 0.569. The molecule has 2 atom stereocenters. The lowest BCUT2D eigenvalue weighted by Gasteiger charge is -2.06. The number of sulfonamides is 1. The van der Waals surface area contributed by atoms with Crippen LogP contribution in [0.25, 0.3) is 5.65 Å². The molecule has 20 heavy (non-hydrogen) atoms. The molecule has 2 aromatic rings. The van der Waals surface area contributed by atoms with Crippen molar-refractivity contribution in [2.75, 3.05) is 5.73 Å². The van der Waals surface area contributed by atoms with Crippen molar-refractivity contribution in [3.05, 3.63) is 24.4 Å². The van der Waals surface area contributed by atoms with Gasteiger partial charge in [0.05, 0.1) is 0 Å². The fourth-order valence-electron chi connectivity index (χ4n) is 2.60. The highest BCUT2D eigenvalue weighted by molar-refractivity contribution is 7.89. The summed E-state index contributed by atoms with van der Waals surface area (Å²) in [5.74, 6) is 0.492. The van der Waals surface area contributed by atoms with E-state index in [1.807, 2.05) is 0 Å². The molecule has 0 aliphatic heterocycles. The number of fused-ring (bicyclic) bond motifs is 1. The summed E-state index contributed by atoms with van der Waals surface area (Å²) in [5, 5.41) is 0.0373. The first kappa shape index (κ1) is 13.4. The van der Waals surface area contributed by atoms with E-state index in [1.165, 1.54) is 4.40 Å². The van der Waals surface area contributed by atoms with Crippen LogP contribution in [0.15, 0.2) is 29.4 Å². The zero-order chi connectivity index (χ0) is 14.3. The molecule has 1 aliphatic rings. The molecule has 1 saturated carbocycles. The Labute approximate surface area is 118 Å². The highest BCUT2D eigenvalue weighted by Crippen LogP contribution is 2.36. The quantitative estimate of drug-likeness (QED) is 0.872. The molecule has 3 rings (SSSR count). The van der Waals surface area contributed by atoms with Gasteiger partial charge in [-0.15, -0.1) is 0 Å². The number of hydrogen-bond donors (Lipinski definition) is 2. The molecule has 2 unspecified atom stereocenters. The van der Waals surface area contributed by atoms with E-state index >= 15 is 0 Å². The van der Waals surface area contributed by atoms with Crippen molar-refractivity contribution < 1.29 is 8.42 Å². The summed E-state index contributed by atoms with van der Waals surface area (Å²) in [6, 6.07) is 5.31. The molecule has 0 aromatic carbocycles. The zero-order valence-corrected chi connectivity index (χ0v) is 12.1. The molecule has 3 N–H and O–H groups in total. The molecule has 108 valence electrons. The number of aromatic nitrogens is 2. The summed E-state index contributed by atoms with van der Waals surface area (Å²) in [6.45, 7) is 2.10. The van der Waals surface area contributed by atoms with Crippen LogP contribution in [0.1, 0.15) is 26.2 Å². The highest BCUT2D eigenvalue weighted by atomic mass is 32.2. The van der Waals surface area contributed by atoms with Gasteiger partial charge in [-0.25, -0.2) is 18.1 Å². The summed E-state index contributed by atoms with van der Waals surface area (Å²) in [6.07, 6.45) is 4.68.